The highest BCUT2D eigenvalue weighted by atomic mass is 35.5. The molecule has 2 amide bonds. The smallest absolute Gasteiger partial charge is 0.317 e. The number of para-hydroxylation sites is 2. The number of ether oxygens (including phenoxy) is 3. The molecule has 1 atom stereocenters. The number of halogens is 1. The second-order valence-electron chi connectivity index (χ2n) is 9.13. The Balaban J connectivity index is 1.75. The first-order chi connectivity index (χ1) is 17.4. The van der Waals surface area contributed by atoms with Crippen LogP contribution in [-0.2, 0) is 11.3 Å². The minimum absolute atomic E-state index is 0.00619. The maximum Gasteiger partial charge on any atom is 0.317 e. The lowest BCUT2D eigenvalue weighted by Crippen LogP contribution is -2.45. The van der Waals surface area contributed by atoms with Gasteiger partial charge in [-0.1, -0.05) is 23.7 Å². The summed E-state index contributed by atoms with van der Waals surface area (Å²) in [6.45, 7) is 7.33. The first-order valence-corrected chi connectivity index (χ1v) is 12.6. The lowest BCUT2D eigenvalue weighted by Gasteiger charge is -2.27. The standard InChI is InChI=1S/C27H33ClN4O4/c1-18(2)29-27(33)31(16-22-8-7-15-35-22)17-23-19(3)30-32(21-13-11-20(28)12-14-21)26(23)36-25-10-6-5-9-24(25)34-4/h5-6,9-14,18,22H,7-8,15-17H2,1-4H3,(H,29,33)/t22-/m1/s1. The molecule has 1 aliphatic heterocycles. The first-order valence-electron chi connectivity index (χ1n) is 12.2. The average Bonchev–Trinajstić information content (AvgIpc) is 3.47. The van der Waals surface area contributed by atoms with Crippen LogP contribution in [0.25, 0.3) is 5.69 Å². The number of rotatable bonds is 9. The minimum atomic E-state index is -0.151. The number of aryl methyl sites for hydroxylation is 1. The van der Waals surface area contributed by atoms with Crippen molar-refractivity contribution in [3.63, 3.8) is 0 Å². The molecule has 0 radical (unpaired) electrons. The summed E-state index contributed by atoms with van der Waals surface area (Å²) < 4.78 is 19.5. The second-order valence-corrected chi connectivity index (χ2v) is 9.57. The van der Waals surface area contributed by atoms with Gasteiger partial charge in [-0.15, -0.1) is 0 Å². The van der Waals surface area contributed by atoms with Gasteiger partial charge in [0.2, 0.25) is 5.88 Å². The van der Waals surface area contributed by atoms with Crippen molar-refractivity contribution in [2.45, 2.75) is 52.3 Å². The number of urea groups is 1. The third-order valence-corrected chi connectivity index (χ3v) is 6.23. The molecular weight excluding hydrogens is 480 g/mol. The Morgan fingerprint density at radius 3 is 2.58 bits per heavy atom. The van der Waals surface area contributed by atoms with Gasteiger partial charge in [-0.05, 0) is 70.0 Å². The molecule has 2 heterocycles. The zero-order chi connectivity index (χ0) is 25.7. The molecule has 3 aromatic rings. The minimum Gasteiger partial charge on any atom is -0.493 e. The summed E-state index contributed by atoms with van der Waals surface area (Å²) in [6.07, 6.45) is 1.94. The van der Waals surface area contributed by atoms with E-state index in [1.165, 1.54) is 0 Å². The SMILES string of the molecule is COc1ccccc1Oc1c(CN(C[C@H]2CCCO2)C(=O)NC(C)C)c(C)nn1-c1ccc(Cl)cc1. The van der Waals surface area contributed by atoms with Crippen molar-refractivity contribution in [2.24, 2.45) is 0 Å². The summed E-state index contributed by atoms with van der Waals surface area (Å²) in [5.41, 5.74) is 2.34. The molecule has 0 aliphatic carbocycles. The zero-order valence-electron chi connectivity index (χ0n) is 21.2. The van der Waals surface area contributed by atoms with Crippen molar-refractivity contribution in [1.29, 1.82) is 0 Å². The van der Waals surface area contributed by atoms with Crippen molar-refractivity contribution in [1.82, 2.24) is 20.0 Å². The van der Waals surface area contributed by atoms with Crippen molar-refractivity contribution in [3.05, 3.63) is 64.8 Å². The number of hydrogen-bond acceptors (Lipinski definition) is 5. The van der Waals surface area contributed by atoms with Crippen LogP contribution in [0.4, 0.5) is 4.79 Å². The molecule has 4 rings (SSSR count). The van der Waals surface area contributed by atoms with Gasteiger partial charge in [0.25, 0.3) is 0 Å². The van der Waals surface area contributed by atoms with Crippen LogP contribution in [-0.4, -0.2) is 53.1 Å². The third-order valence-electron chi connectivity index (χ3n) is 5.98. The molecular formula is C27H33ClN4O4. The molecule has 1 aliphatic rings. The van der Waals surface area contributed by atoms with Crippen molar-refractivity contribution >= 4 is 17.6 Å². The average molecular weight is 513 g/mol. The van der Waals surface area contributed by atoms with E-state index >= 15 is 0 Å². The summed E-state index contributed by atoms with van der Waals surface area (Å²) in [4.78, 5) is 15.0. The largest absolute Gasteiger partial charge is 0.493 e. The molecule has 1 aromatic heterocycles. The molecule has 1 N–H and O–H groups in total. The first kappa shape index (κ1) is 25.9. The maximum atomic E-state index is 13.2. The number of nitrogens with zero attached hydrogens (tertiary/aromatic N) is 3. The van der Waals surface area contributed by atoms with E-state index in [4.69, 9.17) is 30.9 Å². The fraction of sp³-hybridized carbons (Fsp3) is 0.407. The van der Waals surface area contributed by atoms with Crippen LogP contribution in [0, 0.1) is 6.92 Å². The quantitative estimate of drug-likeness (QED) is 0.396. The van der Waals surface area contributed by atoms with Gasteiger partial charge in [-0.3, -0.25) is 0 Å². The number of benzene rings is 2. The van der Waals surface area contributed by atoms with Gasteiger partial charge in [0, 0.05) is 24.2 Å². The second kappa shape index (κ2) is 11.7. The lowest BCUT2D eigenvalue weighted by molar-refractivity contribution is 0.0789. The highest BCUT2D eigenvalue weighted by molar-refractivity contribution is 6.30. The van der Waals surface area contributed by atoms with Gasteiger partial charge in [-0.25, -0.2) is 9.48 Å². The Bertz CT molecular complexity index is 1170. The fourth-order valence-electron chi connectivity index (χ4n) is 4.17. The Kier molecular flexibility index (Phi) is 8.38. The van der Waals surface area contributed by atoms with Gasteiger partial charge < -0.3 is 24.4 Å². The van der Waals surface area contributed by atoms with Crippen LogP contribution in [0.2, 0.25) is 5.02 Å². The molecule has 0 bridgehead atoms. The number of aromatic nitrogens is 2. The van der Waals surface area contributed by atoms with E-state index in [1.807, 2.05) is 57.2 Å². The highest BCUT2D eigenvalue weighted by Gasteiger charge is 2.28. The van der Waals surface area contributed by atoms with Gasteiger partial charge in [-0.2, -0.15) is 5.10 Å². The Morgan fingerprint density at radius 2 is 1.94 bits per heavy atom. The Morgan fingerprint density at radius 1 is 1.22 bits per heavy atom. The molecule has 2 aromatic carbocycles. The highest BCUT2D eigenvalue weighted by Crippen LogP contribution is 2.36. The summed E-state index contributed by atoms with van der Waals surface area (Å²) in [5.74, 6) is 1.65. The van der Waals surface area contributed by atoms with E-state index in [2.05, 4.69) is 5.32 Å². The van der Waals surface area contributed by atoms with E-state index in [0.717, 1.165) is 36.4 Å². The Labute approximate surface area is 217 Å². The fourth-order valence-corrected chi connectivity index (χ4v) is 4.30. The van der Waals surface area contributed by atoms with Crippen LogP contribution >= 0.6 is 11.6 Å². The number of amides is 2. The predicted molar refractivity (Wildman–Crippen MR) is 139 cm³/mol. The molecule has 36 heavy (non-hydrogen) atoms. The van der Waals surface area contributed by atoms with Crippen molar-refractivity contribution in [2.75, 3.05) is 20.3 Å². The number of hydrogen-bond donors (Lipinski definition) is 1. The predicted octanol–water partition coefficient (Wildman–Crippen LogP) is 5.73. The Hall–Kier alpha value is -3.23. The van der Waals surface area contributed by atoms with Crippen LogP contribution in [0.5, 0.6) is 17.4 Å². The van der Waals surface area contributed by atoms with Crippen molar-refractivity contribution in [3.8, 4) is 23.1 Å². The summed E-state index contributed by atoms with van der Waals surface area (Å²) >= 11 is 6.13. The van der Waals surface area contributed by atoms with Crippen LogP contribution in [0.15, 0.2) is 48.5 Å². The third kappa shape index (κ3) is 6.12. The number of nitrogens with one attached hydrogen (secondary N) is 1. The topological polar surface area (TPSA) is 77.8 Å². The molecule has 0 spiro atoms. The summed E-state index contributed by atoms with van der Waals surface area (Å²) in [7, 11) is 1.60. The molecule has 0 saturated carbocycles. The van der Waals surface area contributed by atoms with E-state index in [1.54, 1.807) is 28.8 Å². The number of methoxy groups -OCH3 is 1. The van der Waals surface area contributed by atoms with E-state index in [-0.39, 0.29) is 18.2 Å². The molecule has 1 fully saturated rings. The monoisotopic (exact) mass is 512 g/mol. The van der Waals surface area contributed by atoms with Crippen LogP contribution < -0.4 is 14.8 Å². The van der Waals surface area contributed by atoms with Crippen LogP contribution in [0.3, 0.4) is 0 Å². The lowest BCUT2D eigenvalue weighted by atomic mass is 10.2. The zero-order valence-corrected chi connectivity index (χ0v) is 21.9. The maximum absolute atomic E-state index is 13.2. The molecule has 192 valence electrons. The van der Waals surface area contributed by atoms with E-state index < -0.39 is 0 Å². The molecule has 9 heteroatoms. The number of carbonyl (C=O) groups excluding carboxylic acids is 1. The van der Waals surface area contributed by atoms with Crippen LogP contribution in [0.1, 0.15) is 37.9 Å². The normalized spacial score (nSPS) is 15.2. The van der Waals surface area contributed by atoms with Gasteiger partial charge in [0.15, 0.2) is 11.5 Å². The molecule has 0 unspecified atom stereocenters. The summed E-state index contributed by atoms with van der Waals surface area (Å²) in [6, 6.07) is 14.7. The molecule has 8 nitrogen and oxygen atoms in total. The van der Waals surface area contributed by atoms with E-state index in [0.29, 0.717) is 35.5 Å². The van der Waals surface area contributed by atoms with Crippen molar-refractivity contribution < 1.29 is 19.0 Å². The van der Waals surface area contributed by atoms with Gasteiger partial charge in [0.05, 0.1) is 36.7 Å². The summed E-state index contributed by atoms with van der Waals surface area (Å²) in [5, 5.41) is 8.43. The van der Waals surface area contributed by atoms with E-state index in [9.17, 15) is 4.79 Å². The molecule has 1 saturated heterocycles. The van der Waals surface area contributed by atoms with Gasteiger partial charge in [0.1, 0.15) is 0 Å². The number of carbonyl (C=O) groups is 1. The van der Waals surface area contributed by atoms with Gasteiger partial charge >= 0.3 is 6.03 Å².